The third-order valence-electron chi connectivity index (χ3n) is 4.44. The number of aryl methyl sites for hydroxylation is 2. The molecule has 0 aliphatic rings. The number of rotatable bonds is 6. The Bertz CT molecular complexity index is 1030. The molecular formula is C22H23FN4O2. The highest BCUT2D eigenvalue weighted by atomic mass is 19.1. The van der Waals surface area contributed by atoms with Crippen LogP contribution in [0.5, 0.6) is 0 Å². The van der Waals surface area contributed by atoms with Crippen LogP contribution in [-0.4, -0.2) is 21.6 Å². The van der Waals surface area contributed by atoms with Crippen LogP contribution in [0.3, 0.4) is 0 Å². The van der Waals surface area contributed by atoms with E-state index >= 15 is 0 Å². The highest BCUT2D eigenvalue weighted by Crippen LogP contribution is 2.22. The molecule has 29 heavy (non-hydrogen) atoms. The number of nitrogens with zero attached hydrogens (tertiary/aromatic N) is 2. The number of hydrogen-bond donors (Lipinski definition) is 2. The molecule has 1 atom stereocenters. The molecule has 0 aliphatic carbocycles. The molecule has 6 nitrogen and oxygen atoms in total. The Labute approximate surface area is 168 Å². The maximum Gasteiger partial charge on any atom is 0.226 e. The number of halogens is 1. The molecule has 1 unspecified atom stereocenters. The molecular weight excluding hydrogens is 371 g/mol. The van der Waals surface area contributed by atoms with Gasteiger partial charge in [0.05, 0.1) is 18.2 Å². The Morgan fingerprint density at radius 3 is 2.41 bits per heavy atom. The van der Waals surface area contributed by atoms with Crippen molar-refractivity contribution in [3.8, 4) is 5.69 Å². The highest BCUT2D eigenvalue weighted by molar-refractivity contribution is 5.91. The predicted octanol–water partition coefficient (Wildman–Crippen LogP) is 3.83. The Kier molecular flexibility index (Phi) is 6.07. The Hall–Kier alpha value is -3.48. The van der Waals surface area contributed by atoms with E-state index in [1.165, 1.54) is 17.7 Å². The molecule has 1 aromatic heterocycles. The normalized spacial score (nSPS) is 11.7. The summed E-state index contributed by atoms with van der Waals surface area (Å²) in [6.07, 6.45) is 0.0322. The summed E-state index contributed by atoms with van der Waals surface area (Å²) in [6.45, 7) is 5.09. The number of amides is 2. The lowest BCUT2D eigenvalue weighted by Gasteiger charge is -2.18. The molecule has 7 heteroatoms. The Morgan fingerprint density at radius 2 is 1.83 bits per heavy atom. The van der Waals surface area contributed by atoms with Crippen LogP contribution in [0.1, 0.15) is 36.3 Å². The lowest BCUT2D eigenvalue weighted by Crippen LogP contribution is -2.29. The predicted molar refractivity (Wildman–Crippen MR) is 109 cm³/mol. The van der Waals surface area contributed by atoms with Crippen molar-refractivity contribution < 1.29 is 14.0 Å². The van der Waals surface area contributed by atoms with Crippen molar-refractivity contribution in [2.24, 2.45) is 0 Å². The van der Waals surface area contributed by atoms with E-state index < -0.39 is 11.9 Å². The monoisotopic (exact) mass is 394 g/mol. The first kappa shape index (κ1) is 20.3. The second kappa shape index (κ2) is 8.68. The van der Waals surface area contributed by atoms with Crippen molar-refractivity contribution in [1.82, 2.24) is 15.1 Å². The molecule has 2 aromatic carbocycles. The van der Waals surface area contributed by atoms with Gasteiger partial charge in [-0.2, -0.15) is 5.10 Å². The average Bonchev–Trinajstić information content (AvgIpc) is 2.99. The zero-order valence-corrected chi connectivity index (χ0v) is 16.6. The van der Waals surface area contributed by atoms with Crippen molar-refractivity contribution in [3.63, 3.8) is 0 Å². The quantitative estimate of drug-likeness (QED) is 0.667. The van der Waals surface area contributed by atoms with Crippen LogP contribution in [-0.2, 0) is 9.59 Å². The summed E-state index contributed by atoms with van der Waals surface area (Å²) in [7, 11) is 0. The number of carbonyl (C=O) groups is 2. The summed E-state index contributed by atoms with van der Waals surface area (Å²) in [5.41, 5.74) is 3.09. The van der Waals surface area contributed by atoms with Crippen LogP contribution in [0.15, 0.2) is 54.6 Å². The van der Waals surface area contributed by atoms with E-state index in [4.69, 9.17) is 0 Å². The van der Waals surface area contributed by atoms with Gasteiger partial charge in [-0.25, -0.2) is 9.07 Å². The molecule has 3 aromatic rings. The van der Waals surface area contributed by atoms with Gasteiger partial charge in [0, 0.05) is 18.3 Å². The minimum Gasteiger partial charge on any atom is -0.349 e. The highest BCUT2D eigenvalue weighted by Gasteiger charge is 2.18. The van der Waals surface area contributed by atoms with Crippen molar-refractivity contribution >= 4 is 17.5 Å². The molecule has 3 rings (SSSR count). The second-order valence-corrected chi connectivity index (χ2v) is 6.92. The van der Waals surface area contributed by atoms with Gasteiger partial charge in [-0.15, -0.1) is 0 Å². The SMILES string of the molecule is CC(=O)NC(CC(=O)Nc1ccc(-n2nc(C)cc2C)c(F)c1)c1ccccc1. The van der Waals surface area contributed by atoms with Crippen LogP contribution in [0, 0.1) is 19.7 Å². The molecule has 0 spiro atoms. The molecule has 0 radical (unpaired) electrons. The molecule has 0 aliphatic heterocycles. The molecule has 0 bridgehead atoms. The maximum absolute atomic E-state index is 14.6. The Morgan fingerprint density at radius 1 is 1.10 bits per heavy atom. The van der Waals surface area contributed by atoms with Gasteiger partial charge in [-0.3, -0.25) is 9.59 Å². The molecule has 0 fully saturated rings. The standard InChI is InChI=1S/C22H23FN4O2/c1-14-11-15(2)27(26-14)21-10-9-18(12-19(21)23)25-22(29)13-20(24-16(3)28)17-7-5-4-6-8-17/h4-12,20H,13H2,1-3H3,(H,24,28)(H,25,29). The van der Waals surface area contributed by atoms with Crippen molar-refractivity contribution in [3.05, 3.63) is 77.4 Å². The Balaban J connectivity index is 1.73. The summed E-state index contributed by atoms with van der Waals surface area (Å²) in [5, 5.41) is 9.75. The van der Waals surface area contributed by atoms with Crippen molar-refractivity contribution in [2.45, 2.75) is 33.2 Å². The van der Waals surface area contributed by atoms with Crippen LogP contribution >= 0.6 is 0 Å². The largest absolute Gasteiger partial charge is 0.349 e. The van der Waals surface area contributed by atoms with Gasteiger partial charge in [0.25, 0.3) is 0 Å². The van der Waals surface area contributed by atoms with E-state index in [0.29, 0.717) is 11.4 Å². The zero-order chi connectivity index (χ0) is 21.0. The second-order valence-electron chi connectivity index (χ2n) is 6.92. The fraction of sp³-hybridized carbons (Fsp3) is 0.227. The number of nitrogens with one attached hydrogen (secondary N) is 2. The summed E-state index contributed by atoms with van der Waals surface area (Å²) >= 11 is 0. The summed E-state index contributed by atoms with van der Waals surface area (Å²) in [4.78, 5) is 24.0. The van der Waals surface area contributed by atoms with Gasteiger partial charge in [-0.05, 0) is 43.7 Å². The minimum atomic E-state index is -0.490. The van der Waals surface area contributed by atoms with E-state index in [9.17, 15) is 14.0 Å². The van der Waals surface area contributed by atoms with Crippen LogP contribution in [0.4, 0.5) is 10.1 Å². The van der Waals surface area contributed by atoms with Crippen molar-refractivity contribution in [1.29, 1.82) is 0 Å². The van der Waals surface area contributed by atoms with E-state index in [2.05, 4.69) is 15.7 Å². The molecule has 2 amide bonds. The molecule has 0 saturated carbocycles. The maximum atomic E-state index is 14.6. The molecule has 1 heterocycles. The molecule has 0 saturated heterocycles. The van der Waals surface area contributed by atoms with Crippen LogP contribution < -0.4 is 10.6 Å². The van der Waals surface area contributed by atoms with Crippen LogP contribution in [0.25, 0.3) is 5.69 Å². The van der Waals surface area contributed by atoms with Gasteiger partial charge in [0.15, 0.2) is 5.82 Å². The van der Waals surface area contributed by atoms with E-state index in [1.807, 2.05) is 50.2 Å². The van der Waals surface area contributed by atoms with E-state index in [0.717, 1.165) is 17.0 Å². The number of benzene rings is 2. The number of anilines is 1. The first-order chi connectivity index (χ1) is 13.8. The summed E-state index contributed by atoms with van der Waals surface area (Å²) in [5.74, 6) is -1.05. The van der Waals surface area contributed by atoms with Crippen molar-refractivity contribution in [2.75, 3.05) is 5.32 Å². The summed E-state index contributed by atoms with van der Waals surface area (Å²) < 4.78 is 16.1. The zero-order valence-electron chi connectivity index (χ0n) is 16.6. The molecule has 150 valence electrons. The lowest BCUT2D eigenvalue weighted by molar-refractivity contribution is -0.120. The third-order valence-corrected chi connectivity index (χ3v) is 4.44. The van der Waals surface area contributed by atoms with Crippen LogP contribution in [0.2, 0.25) is 0 Å². The number of aromatic nitrogens is 2. The number of carbonyl (C=O) groups excluding carboxylic acids is 2. The first-order valence-electron chi connectivity index (χ1n) is 9.28. The lowest BCUT2D eigenvalue weighted by atomic mass is 10.0. The fourth-order valence-corrected chi connectivity index (χ4v) is 3.21. The first-order valence-corrected chi connectivity index (χ1v) is 9.28. The smallest absolute Gasteiger partial charge is 0.226 e. The van der Waals surface area contributed by atoms with Gasteiger partial charge < -0.3 is 10.6 Å². The van der Waals surface area contributed by atoms with E-state index in [1.54, 1.807) is 12.1 Å². The third kappa shape index (κ3) is 5.07. The summed E-state index contributed by atoms with van der Waals surface area (Å²) in [6, 6.07) is 15.1. The minimum absolute atomic E-state index is 0.0322. The van der Waals surface area contributed by atoms with Gasteiger partial charge >= 0.3 is 0 Å². The van der Waals surface area contributed by atoms with Gasteiger partial charge in [0.2, 0.25) is 11.8 Å². The fourth-order valence-electron chi connectivity index (χ4n) is 3.21. The average molecular weight is 394 g/mol. The number of hydrogen-bond acceptors (Lipinski definition) is 3. The van der Waals surface area contributed by atoms with E-state index in [-0.39, 0.29) is 18.2 Å². The van der Waals surface area contributed by atoms with Gasteiger partial charge in [0.1, 0.15) is 5.69 Å². The van der Waals surface area contributed by atoms with Gasteiger partial charge in [-0.1, -0.05) is 30.3 Å². The molecule has 2 N–H and O–H groups in total. The topological polar surface area (TPSA) is 76.0 Å².